The second-order valence-electron chi connectivity index (χ2n) is 2.26. The fraction of sp³-hybridized carbons (Fsp3) is 0.375. The van der Waals surface area contributed by atoms with E-state index in [2.05, 4.69) is 20.4 Å². The van der Waals surface area contributed by atoms with Crippen LogP contribution in [0.4, 0.5) is 0 Å². The minimum absolute atomic E-state index is 0.487. The van der Waals surface area contributed by atoms with Crippen LogP contribution in [0.25, 0.3) is 0 Å². The fourth-order valence-electron chi connectivity index (χ4n) is 0.364. The van der Waals surface area contributed by atoms with Crippen molar-refractivity contribution in [1.82, 2.24) is 0 Å². The van der Waals surface area contributed by atoms with E-state index in [1.165, 1.54) is 6.21 Å². The normalized spacial score (nSPS) is 10.6. The summed E-state index contributed by atoms with van der Waals surface area (Å²) in [5, 5.41) is 6.68. The van der Waals surface area contributed by atoms with E-state index in [1.807, 2.05) is 6.08 Å². The Morgan fingerprint density at radius 1 is 1.56 bits per heavy atom. The largest absolute Gasteiger partial charge is 0.309 e. The van der Waals surface area contributed by atoms with Gasteiger partial charge in [-0.3, -0.25) is 0 Å². The van der Waals surface area contributed by atoms with E-state index < -0.39 is 0 Å². The summed E-state index contributed by atoms with van der Waals surface area (Å²) >= 11 is 0. The first kappa shape index (κ1) is 8.15. The number of allylic oxidation sites excluding steroid dienone is 3. The highest BCUT2D eigenvalue weighted by Gasteiger charge is 1.91. The number of nitrogens with one attached hydrogen (secondary N) is 1. The standard InChI is InChI=1S/C8H13N/c1-7(2)8(3)5-4-6-9/h4-7,9H,3H2,1-2H3/b5-4-,9-6?. The van der Waals surface area contributed by atoms with Gasteiger partial charge in [0.15, 0.2) is 0 Å². The minimum atomic E-state index is 0.487. The Kier molecular flexibility index (Phi) is 3.69. The van der Waals surface area contributed by atoms with Crippen LogP contribution in [0.5, 0.6) is 0 Å². The molecule has 0 aromatic rings. The predicted octanol–water partition coefficient (Wildman–Crippen LogP) is 2.40. The second kappa shape index (κ2) is 4.07. The van der Waals surface area contributed by atoms with Crippen molar-refractivity contribution < 1.29 is 0 Å². The Bertz CT molecular complexity index is 132. The van der Waals surface area contributed by atoms with Gasteiger partial charge < -0.3 is 5.41 Å². The highest BCUT2D eigenvalue weighted by Crippen LogP contribution is 2.06. The lowest BCUT2D eigenvalue weighted by Crippen LogP contribution is -1.86. The van der Waals surface area contributed by atoms with Gasteiger partial charge in [0.1, 0.15) is 0 Å². The molecule has 0 aliphatic rings. The average Bonchev–Trinajstić information content (AvgIpc) is 1.82. The molecule has 0 rings (SSSR count). The molecule has 0 spiro atoms. The van der Waals surface area contributed by atoms with E-state index in [0.29, 0.717) is 5.92 Å². The molecule has 0 bridgehead atoms. The molecular formula is C8H13N. The Morgan fingerprint density at radius 2 is 2.11 bits per heavy atom. The molecule has 1 heteroatoms. The molecule has 0 saturated carbocycles. The zero-order valence-electron chi connectivity index (χ0n) is 6.02. The number of hydrogen-bond donors (Lipinski definition) is 1. The maximum absolute atomic E-state index is 6.68. The summed E-state index contributed by atoms with van der Waals surface area (Å²) in [5.41, 5.74) is 1.07. The van der Waals surface area contributed by atoms with Crippen LogP contribution in [-0.2, 0) is 0 Å². The molecule has 0 unspecified atom stereocenters. The SMILES string of the molecule is C=C(/C=C\C=N)C(C)C. The summed E-state index contributed by atoms with van der Waals surface area (Å²) in [7, 11) is 0. The average molecular weight is 123 g/mol. The van der Waals surface area contributed by atoms with Crippen molar-refractivity contribution in [1.29, 1.82) is 5.41 Å². The molecule has 0 aliphatic carbocycles. The first-order chi connectivity index (χ1) is 4.18. The molecule has 0 saturated heterocycles. The van der Waals surface area contributed by atoms with Crippen LogP contribution in [0.3, 0.4) is 0 Å². The highest BCUT2D eigenvalue weighted by atomic mass is 14.3. The summed E-state index contributed by atoms with van der Waals surface area (Å²) in [6.45, 7) is 7.96. The Labute approximate surface area is 56.6 Å². The van der Waals surface area contributed by atoms with Crippen molar-refractivity contribution in [3.05, 3.63) is 24.3 Å². The zero-order valence-corrected chi connectivity index (χ0v) is 6.02. The molecule has 0 aromatic heterocycles. The van der Waals surface area contributed by atoms with E-state index >= 15 is 0 Å². The molecule has 0 aliphatic heterocycles. The summed E-state index contributed by atoms with van der Waals surface area (Å²) in [6.07, 6.45) is 4.80. The minimum Gasteiger partial charge on any atom is -0.309 e. The van der Waals surface area contributed by atoms with Crippen LogP contribution in [0.15, 0.2) is 24.3 Å². The number of rotatable bonds is 3. The van der Waals surface area contributed by atoms with Gasteiger partial charge in [-0.1, -0.05) is 32.1 Å². The predicted molar refractivity (Wildman–Crippen MR) is 41.9 cm³/mol. The lowest BCUT2D eigenvalue weighted by Gasteiger charge is -2.00. The smallest absolute Gasteiger partial charge is 0.0177 e. The Balaban J connectivity index is 3.76. The third-order valence-corrected chi connectivity index (χ3v) is 1.15. The van der Waals surface area contributed by atoms with Crippen LogP contribution in [0.2, 0.25) is 0 Å². The zero-order chi connectivity index (χ0) is 7.28. The summed E-state index contributed by atoms with van der Waals surface area (Å²) in [5.74, 6) is 0.487. The third-order valence-electron chi connectivity index (χ3n) is 1.15. The van der Waals surface area contributed by atoms with Crippen molar-refractivity contribution >= 4 is 6.21 Å². The van der Waals surface area contributed by atoms with Crippen molar-refractivity contribution in [2.45, 2.75) is 13.8 Å². The lowest BCUT2D eigenvalue weighted by molar-refractivity contribution is 0.795. The quantitative estimate of drug-likeness (QED) is 0.440. The van der Waals surface area contributed by atoms with E-state index in [4.69, 9.17) is 5.41 Å². The molecule has 0 heterocycles. The van der Waals surface area contributed by atoms with E-state index in [1.54, 1.807) is 6.08 Å². The van der Waals surface area contributed by atoms with Gasteiger partial charge in [-0.05, 0) is 12.0 Å². The molecule has 0 atom stereocenters. The van der Waals surface area contributed by atoms with Gasteiger partial charge in [-0.15, -0.1) is 0 Å². The first-order valence-corrected chi connectivity index (χ1v) is 3.04. The van der Waals surface area contributed by atoms with Crippen molar-refractivity contribution in [3.8, 4) is 0 Å². The van der Waals surface area contributed by atoms with Crippen LogP contribution < -0.4 is 0 Å². The summed E-state index contributed by atoms with van der Waals surface area (Å²) < 4.78 is 0. The molecule has 1 nitrogen and oxygen atoms in total. The van der Waals surface area contributed by atoms with Gasteiger partial charge in [0, 0.05) is 6.21 Å². The van der Waals surface area contributed by atoms with Crippen LogP contribution in [-0.4, -0.2) is 6.21 Å². The van der Waals surface area contributed by atoms with Gasteiger partial charge in [-0.25, -0.2) is 0 Å². The molecular weight excluding hydrogens is 110 g/mol. The molecule has 1 N–H and O–H groups in total. The van der Waals surface area contributed by atoms with Gasteiger partial charge in [-0.2, -0.15) is 0 Å². The summed E-state index contributed by atoms with van der Waals surface area (Å²) in [4.78, 5) is 0. The van der Waals surface area contributed by atoms with E-state index in [9.17, 15) is 0 Å². The Morgan fingerprint density at radius 3 is 2.44 bits per heavy atom. The van der Waals surface area contributed by atoms with Crippen molar-refractivity contribution in [2.24, 2.45) is 5.92 Å². The van der Waals surface area contributed by atoms with Gasteiger partial charge in [0.05, 0.1) is 0 Å². The van der Waals surface area contributed by atoms with E-state index in [0.717, 1.165) is 5.57 Å². The summed E-state index contributed by atoms with van der Waals surface area (Å²) in [6, 6.07) is 0. The monoisotopic (exact) mass is 123 g/mol. The Hall–Kier alpha value is -0.850. The molecule has 50 valence electrons. The van der Waals surface area contributed by atoms with Crippen molar-refractivity contribution in [3.63, 3.8) is 0 Å². The van der Waals surface area contributed by atoms with Gasteiger partial charge in [0.25, 0.3) is 0 Å². The third kappa shape index (κ3) is 3.71. The second-order valence-corrected chi connectivity index (χ2v) is 2.26. The molecule has 0 aromatic carbocycles. The maximum Gasteiger partial charge on any atom is 0.0177 e. The van der Waals surface area contributed by atoms with Gasteiger partial charge in [0.2, 0.25) is 0 Å². The lowest BCUT2D eigenvalue weighted by atomic mass is 10.1. The molecule has 9 heavy (non-hydrogen) atoms. The van der Waals surface area contributed by atoms with Crippen molar-refractivity contribution in [2.75, 3.05) is 0 Å². The molecule has 0 fully saturated rings. The number of hydrogen-bond acceptors (Lipinski definition) is 1. The van der Waals surface area contributed by atoms with Gasteiger partial charge >= 0.3 is 0 Å². The highest BCUT2D eigenvalue weighted by molar-refractivity contribution is 5.68. The van der Waals surface area contributed by atoms with Crippen LogP contribution >= 0.6 is 0 Å². The van der Waals surface area contributed by atoms with Crippen LogP contribution in [0.1, 0.15) is 13.8 Å². The fourth-order valence-corrected chi connectivity index (χ4v) is 0.364. The topological polar surface area (TPSA) is 23.9 Å². The maximum atomic E-state index is 6.68. The molecule has 0 radical (unpaired) electrons. The molecule has 0 amide bonds. The van der Waals surface area contributed by atoms with Crippen LogP contribution in [0, 0.1) is 11.3 Å². The first-order valence-electron chi connectivity index (χ1n) is 3.04. The van der Waals surface area contributed by atoms with E-state index in [-0.39, 0.29) is 0 Å².